The summed E-state index contributed by atoms with van der Waals surface area (Å²) in [6.07, 6.45) is 7.67. The molecule has 4 rings (SSSR count). The lowest BCUT2D eigenvalue weighted by Crippen LogP contribution is -2.34. The molecule has 3 aromatic heterocycles. The summed E-state index contributed by atoms with van der Waals surface area (Å²) in [4.78, 5) is 10.9. The Hall–Kier alpha value is -2.60. The molecule has 1 saturated heterocycles. The van der Waals surface area contributed by atoms with Gasteiger partial charge in [-0.25, -0.2) is 0 Å². The second-order valence-corrected chi connectivity index (χ2v) is 6.10. The van der Waals surface area contributed by atoms with Gasteiger partial charge >= 0.3 is 0 Å². The SMILES string of the molecule is c1ccc(-c2nnc(C3CCCN(Cc4cccnc4)C3)o2)nc1. The molecule has 0 aliphatic carbocycles. The summed E-state index contributed by atoms with van der Waals surface area (Å²) in [7, 11) is 0. The fourth-order valence-electron chi connectivity index (χ4n) is 3.14. The van der Waals surface area contributed by atoms with E-state index in [0.717, 1.165) is 38.2 Å². The normalized spacial score (nSPS) is 18.6. The van der Waals surface area contributed by atoms with Crippen LogP contribution in [0.2, 0.25) is 0 Å². The molecule has 1 fully saturated rings. The average Bonchev–Trinajstić information content (AvgIpc) is 3.14. The summed E-state index contributed by atoms with van der Waals surface area (Å²) in [5.41, 5.74) is 1.96. The maximum absolute atomic E-state index is 5.88. The third kappa shape index (κ3) is 3.33. The van der Waals surface area contributed by atoms with E-state index in [1.165, 1.54) is 5.56 Å². The third-order valence-corrected chi connectivity index (χ3v) is 4.31. The zero-order valence-electron chi connectivity index (χ0n) is 13.4. The van der Waals surface area contributed by atoms with Gasteiger partial charge in [0.2, 0.25) is 5.89 Å². The van der Waals surface area contributed by atoms with Crippen LogP contribution < -0.4 is 0 Å². The first-order valence-electron chi connectivity index (χ1n) is 8.24. The minimum atomic E-state index is 0.278. The minimum absolute atomic E-state index is 0.278. The summed E-state index contributed by atoms with van der Waals surface area (Å²) in [5.74, 6) is 1.49. The number of likely N-dealkylation sites (tertiary alicyclic amines) is 1. The fourth-order valence-corrected chi connectivity index (χ4v) is 3.14. The monoisotopic (exact) mass is 321 g/mol. The van der Waals surface area contributed by atoms with Gasteiger partial charge < -0.3 is 4.42 Å². The molecule has 24 heavy (non-hydrogen) atoms. The van der Waals surface area contributed by atoms with Crippen LogP contribution in [0.5, 0.6) is 0 Å². The van der Waals surface area contributed by atoms with Crippen molar-refractivity contribution < 1.29 is 4.42 Å². The first-order chi connectivity index (χ1) is 11.9. The van der Waals surface area contributed by atoms with Crippen molar-refractivity contribution in [2.45, 2.75) is 25.3 Å². The van der Waals surface area contributed by atoms with E-state index in [4.69, 9.17) is 4.42 Å². The van der Waals surface area contributed by atoms with E-state index < -0.39 is 0 Å². The highest BCUT2D eigenvalue weighted by Gasteiger charge is 2.26. The maximum atomic E-state index is 5.88. The van der Waals surface area contributed by atoms with Gasteiger partial charge in [0.05, 0.1) is 5.92 Å². The van der Waals surface area contributed by atoms with Crippen molar-refractivity contribution in [3.63, 3.8) is 0 Å². The van der Waals surface area contributed by atoms with Crippen molar-refractivity contribution in [1.29, 1.82) is 0 Å². The smallest absolute Gasteiger partial charge is 0.266 e. The summed E-state index contributed by atoms with van der Waals surface area (Å²) in [5, 5.41) is 8.43. The lowest BCUT2D eigenvalue weighted by molar-refractivity contribution is 0.186. The van der Waals surface area contributed by atoms with Crippen molar-refractivity contribution in [3.8, 4) is 11.6 Å². The fraction of sp³-hybridized carbons (Fsp3) is 0.333. The van der Waals surface area contributed by atoms with Gasteiger partial charge in [-0.15, -0.1) is 10.2 Å². The van der Waals surface area contributed by atoms with E-state index in [2.05, 4.69) is 31.1 Å². The first kappa shape index (κ1) is 15.0. The van der Waals surface area contributed by atoms with Crippen LogP contribution in [0.25, 0.3) is 11.6 Å². The molecule has 1 unspecified atom stereocenters. The van der Waals surface area contributed by atoms with Crippen LogP contribution in [0.15, 0.2) is 53.3 Å². The molecule has 4 heterocycles. The second kappa shape index (κ2) is 6.88. The quantitative estimate of drug-likeness (QED) is 0.736. The van der Waals surface area contributed by atoms with Crippen LogP contribution in [-0.4, -0.2) is 38.2 Å². The molecule has 6 nitrogen and oxygen atoms in total. The number of rotatable bonds is 4. The summed E-state index contributed by atoms with van der Waals surface area (Å²) < 4.78 is 5.88. The van der Waals surface area contributed by atoms with Crippen LogP contribution >= 0.6 is 0 Å². The number of aromatic nitrogens is 4. The molecular formula is C18H19N5O. The maximum Gasteiger partial charge on any atom is 0.266 e. The lowest BCUT2D eigenvalue weighted by Gasteiger charge is -2.30. The predicted octanol–water partition coefficient (Wildman–Crippen LogP) is 2.91. The van der Waals surface area contributed by atoms with Crippen LogP contribution in [0, 0.1) is 0 Å². The van der Waals surface area contributed by atoms with E-state index in [9.17, 15) is 0 Å². The van der Waals surface area contributed by atoms with Crippen molar-refractivity contribution in [2.24, 2.45) is 0 Å². The van der Waals surface area contributed by atoms with Crippen LogP contribution in [-0.2, 0) is 6.54 Å². The minimum Gasteiger partial charge on any atom is -0.419 e. The second-order valence-electron chi connectivity index (χ2n) is 6.10. The Morgan fingerprint density at radius 2 is 2.12 bits per heavy atom. The Balaban J connectivity index is 1.45. The number of nitrogens with zero attached hydrogens (tertiary/aromatic N) is 5. The number of piperidine rings is 1. The van der Waals surface area contributed by atoms with Gasteiger partial charge in [0.25, 0.3) is 5.89 Å². The molecular weight excluding hydrogens is 302 g/mol. The number of hydrogen-bond acceptors (Lipinski definition) is 6. The highest BCUT2D eigenvalue weighted by Crippen LogP contribution is 2.28. The predicted molar refractivity (Wildman–Crippen MR) is 89.0 cm³/mol. The molecule has 1 atom stereocenters. The Bertz CT molecular complexity index is 774. The number of pyridine rings is 2. The van der Waals surface area contributed by atoms with E-state index in [1.807, 2.05) is 30.5 Å². The highest BCUT2D eigenvalue weighted by molar-refractivity contribution is 5.45. The van der Waals surface area contributed by atoms with E-state index in [1.54, 1.807) is 12.4 Å². The Labute approximate surface area is 140 Å². The van der Waals surface area contributed by atoms with Gasteiger partial charge in [-0.05, 0) is 43.1 Å². The molecule has 0 aromatic carbocycles. The van der Waals surface area contributed by atoms with Crippen LogP contribution in [0.4, 0.5) is 0 Å². The van der Waals surface area contributed by atoms with Crippen molar-refractivity contribution in [3.05, 3.63) is 60.4 Å². The van der Waals surface area contributed by atoms with Crippen molar-refractivity contribution in [1.82, 2.24) is 25.1 Å². The molecule has 0 radical (unpaired) electrons. The van der Waals surface area contributed by atoms with Crippen molar-refractivity contribution >= 4 is 0 Å². The topological polar surface area (TPSA) is 67.9 Å². The van der Waals surface area contributed by atoms with Gasteiger partial charge in [0.15, 0.2) is 0 Å². The largest absolute Gasteiger partial charge is 0.419 e. The van der Waals surface area contributed by atoms with E-state index in [-0.39, 0.29) is 5.92 Å². The Kier molecular flexibility index (Phi) is 4.29. The highest BCUT2D eigenvalue weighted by atomic mass is 16.4. The van der Waals surface area contributed by atoms with Gasteiger partial charge in [-0.1, -0.05) is 12.1 Å². The van der Waals surface area contributed by atoms with Crippen LogP contribution in [0.3, 0.4) is 0 Å². The van der Waals surface area contributed by atoms with Gasteiger partial charge in [0, 0.05) is 31.7 Å². The molecule has 0 amide bonds. The third-order valence-electron chi connectivity index (χ3n) is 4.31. The molecule has 1 aliphatic rings. The van der Waals surface area contributed by atoms with Crippen LogP contribution in [0.1, 0.15) is 30.2 Å². The Morgan fingerprint density at radius 3 is 2.96 bits per heavy atom. The summed E-state index contributed by atoms with van der Waals surface area (Å²) in [6.45, 7) is 2.93. The molecule has 0 spiro atoms. The molecule has 6 heteroatoms. The lowest BCUT2D eigenvalue weighted by atomic mass is 9.97. The van der Waals surface area contributed by atoms with E-state index in [0.29, 0.717) is 11.8 Å². The molecule has 3 aromatic rings. The number of hydrogen-bond donors (Lipinski definition) is 0. The van der Waals surface area contributed by atoms with E-state index >= 15 is 0 Å². The molecule has 122 valence electrons. The molecule has 0 saturated carbocycles. The zero-order chi connectivity index (χ0) is 16.2. The average molecular weight is 321 g/mol. The van der Waals surface area contributed by atoms with Crippen molar-refractivity contribution in [2.75, 3.05) is 13.1 Å². The summed E-state index contributed by atoms with van der Waals surface area (Å²) in [6, 6.07) is 9.77. The first-order valence-corrected chi connectivity index (χ1v) is 8.24. The van der Waals surface area contributed by atoms with Gasteiger partial charge in [0.1, 0.15) is 5.69 Å². The van der Waals surface area contributed by atoms with Gasteiger partial charge in [-0.3, -0.25) is 14.9 Å². The molecule has 1 aliphatic heterocycles. The molecule has 0 N–H and O–H groups in total. The summed E-state index contributed by atoms with van der Waals surface area (Å²) >= 11 is 0. The molecule has 0 bridgehead atoms. The standard InChI is InChI=1S/C18H19N5O/c1-2-9-20-16(7-1)18-22-21-17(24-18)15-6-4-10-23(13-15)12-14-5-3-8-19-11-14/h1-3,5,7-9,11,15H,4,6,10,12-13H2. The zero-order valence-corrected chi connectivity index (χ0v) is 13.4. The Morgan fingerprint density at radius 1 is 1.12 bits per heavy atom. The van der Waals surface area contributed by atoms with Gasteiger partial charge in [-0.2, -0.15) is 0 Å².